The summed E-state index contributed by atoms with van der Waals surface area (Å²) in [6, 6.07) is 10.7. The van der Waals surface area contributed by atoms with E-state index in [1.165, 1.54) is 11.3 Å². The molecule has 3 aliphatic heterocycles. The molecule has 0 aromatic heterocycles. The van der Waals surface area contributed by atoms with Crippen LogP contribution in [0.25, 0.3) is 0 Å². The number of allylic oxidation sites excluding steroid dienone is 1. The second-order valence-electron chi connectivity index (χ2n) is 10.3. The molecule has 30 heavy (non-hydrogen) atoms. The van der Waals surface area contributed by atoms with Crippen LogP contribution in [-0.2, 0) is 14.3 Å². The number of para-hydroxylation sites is 1. The summed E-state index contributed by atoms with van der Waals surface area (Å²) in [5.74, 6) is 1.17. The molecule has 0 amide bonds. The van der Waals surface area contributed by atoms with Crippen molar-refractivity contribution in [1.82, 2.24) is 0 Å². The molecule has 0 unspecified atom stereocenters. The first kappa shape index (κ1) is 18.9. The molecule has 1 N–H and O–H groups in total. The topological polar surface area (TPSA) is 46.5 Å². The van der Waals surface area contributed by atoms with E-state index in [1.54, 1.807) is 4.90 Å². The average Bonchev–Trinajstić information content (AvgIpc) is 3.24. The molecule has 3 saturated heterocycles. The SMILES string of the molecule is C=C1CC[C@@H]2[C@H](OC(=O)[C@@H]2C[NH+]2CCN(c3ccccc3)CC2)[C@H]2[C@@H]1C[C@@H]1O[C@]21C. The number of anilines is 1. The van der Waals surface area contributed by atoms with Gasteiger partial charge in [0.05, 0.1) is 44.4 Å². The van der Waals surface area contributed by atoms with Crippen molar-refractivity contribution in [3.05, 3.63) is 42.5 Å². The third kappa shape index (κ3) is 2.85. The van der Waals surface area contributed by atoms with E-state index in [-0.39, 0.29) is 23.6 Å². The number of fused-ring (bicyclic) bond motifs is 5. The summed E-state index contributed by atoms with van der Waals surface area (Å²) in [5.41, 5.74) is 2.58. The zero-order chi connectivity index (χ0) is 20.5. The van der Waals surface area contributed by atoms with Crippen LogP contribution in [0, 0.1) is 23.7 Å². The predicted octanol–water partition coefficient (Wildman–Crippen LogP) is 1.69. The van der Waals surface area contributed by atoms with E-state index in [0.29, 0.717) is 23.9 Å². The lowest BCUT2D eigenvalue weighted by molar-refractivity contribution is -0.903. The fraction of sp³-hybridized carbons (Fsp3) is 0.640. The van der Waals surface area contributed by atoms with Gasteiger partial charge < -0.3 is 19.3 Å². The fourth-order valence-corrected chi connectivity index (χ4v) is 7.03. The molecule has 0 radical (unpaired) electrons. The van der Waals surface area contributed by atoms with Gasteiger partial charge in [-0.1, -0.05) is 30.4 Å². The van der Waals surface area contributed by atoms with Gasteiger partial charge in [-0.3, -0.25) is 4.79 Å². The Morgan fingerprint density at radius 1 is 1.23 bits per heavy atom. The summed E-state index contributed by atoms with van der Waals surface area (Å²) in [5, 5.41) is 0. The quantitative estimate of drug-likeness (QED) is 0.469. The van der Waals surface area contributed by atoms with Crippen LogP contribution in [0.3, 0.4) is 0 Å². The standard InChI is InChI=1S/C25H32N2O3/c1-16-8-9-18-20(15-26-10-12-27(13-11-26)17-6-4-3-5-7-17)24(28)29-23(18)22-19(16)14-21-25(22,2)30-21/h3-7,18-23H,1,8-15H2,2H3/p+1/t18-,19+,20+,21-,22+,23-,25-/m0/s1. The van der Waals surface area contributed by atoms with Gasteiger partial charge >= 0.3 is 5.97 Å². The smallest absolute Gasteiger partial charge is 0.315 e. The molecular weight excluding hydrogens is 376 g/mol. The summed E-state index contributed by atoms with van der Waals surface area (Å²) in [6.07, 6.45) is 3.51. The van der Waals surface area contributed by atoms with Gasteiger partial charge in [0.15, 0.2) is 0 Å². The summed E-state index contributed by atoms with van der Waals surface area (Å²) in [7, 11) is 0. The maximum atomic E-state index is 13.0. The number of ether oxygens (including phenoxy) is 2. The molecule has 1 aromatic carbocycles. The third-order valence-electron chi connectivity index (χ3n) is 8.81. The van der Waals surface area contributed by atoms with E-state index in [0.717, 1.165) is 52.0 Å². The highest BCUT2D eigenvalue weighted by atomic mass is 16.6. The molecule has 0 bridgehead atoms. The number of rotatable bonds is 3. The number of epoxide rings is 1. The minimum Gasteiger partial charge on any atom is -0.461 e. The first-order valence-corrected chi connectivity index (χ1v) is 11.7. The van der Waals surface area contributed by atoms with Crippen molar-refractivity contribution in [3.63, 3.8) is 0 Å². The number of benzene rings is 1. The van der Waals surface area contributed by atoms with Gasteiger partial charge in [-0.05, 0) is 44.2 Å². The normalized spacial score (nSPS) is 42.9. The first-order valence-electron chi connectivity index (χ1n) is 11.7. The number of hydrogen-bond donors (Lipinski definition) is 1. The predicted molar refractivity (Wildman–Crippen MR) is 114 cm³/mol. The summed E-state index contributed by atoms with van der Waals surface area (Å²) < 4.78 is 12.2. The molecule has 7 atom stereocenters. The van der Waals surface area contributed by atoms with E-state index >= 15 is 0 Å². The Kier molecular flexibility index (Phi) is 4.30. The van der Waals surface area contributed by atoms with Crippen molar-refractivity contribution >= 4 is 11.7 Å². The minimum atomic E-state index is -0.0931. The Morgan fingerprint density at radius 3 is 2.77 bits per heavy atom. The third-order valence-corrected chi connectivity index (χ3v) is 8.81. The van der Waals surface area contributed by atoms with Crippen LogP contribution in [0.4, 0.5) is 5.69 Å². The number of esters is 1. The first-order chi connectivity index (χ1) is 14.5. The van der Waals surface area contributed by atoms with Crippen molar-refractivity contribution in [3.8, 4) is 0 Å². The second kappa shape index (κ2) is 6.83. The van der Waals surface area contributed by atoms with Gasteiger partial charge in [-0.25, -0.2) is 0 Å². The molecule has 5 fully saturated rings. The number of nitrogens with zero attached hydrogens (tertiary/aromatic N) is 1. The molecule has 2 saturated carbocycles. The zero-order valence-corrected chi connectivity index (χ0v) is 17.9. The van der Waals surface area contributed by atoms with E-state index in [4.69, 9.17) is 9.47 Å². The van der Waals surface area contributed by atoms with Crippen molar-refractivity contribution in [2.24, 2.45) is 23.7 Å². The van der Waals surface area contributed by atoms with E-state index in [9.17, 15) is 4.79 Å². The van der Waals surface area contributed by atoms with Crippen molar-refractivity contribution in [2.75, 3.05) is 37.6 Å². The number of piperazine rings is 1. The molecule has 6 rings (SSSR count). The van der Waals surface area contributed by atoms with Crippen LogP contribution < -0.4 is 9.80 Å². The highest BCUT2D eigenvalue weighted by Gasteiger charge is 2.71. The number of quaternary nitrogens is 1. The Balaban J connectivity index is 1.15. The average molecular weight is 410 g/mol. The van der Waals surface area contributed by atoms with Crippen molar-refractivity contribution < 1.29 is 19.2 Å². The molecule has 5 aliphatic rings. The van der Waals surface area contributed by atoms with Crippen LogP contribution in [0.5, 0.6) is 0 Å². The lowest BCUT2D eigenvalue weighted by atomic mass is 9.77. The van der Waals surface area contributed by atoms with E-state index in [1.807, 2.05) is 0 Å². The van der Waals surface area contributed by atoms with Gasteiger partial charge in [-0.15, -0.1) is 0 Å². The van der Waals surface area contributed by atoms with Gasteiger partial charge in [-0.2, -0.15) is 0 Å². The van der Waals surface area contributed by atoms with Gasteiger partial charge in [0.2, 0.25) is 0 Å². The molecule has 2 aliphatic carbocycles. The molecule has 3 heterocycles. The van der Waals surface area contributed by atoms with Gasteiger partial charge in [0, 0.05) is 17.5 Å². The maximum absolute atomic E-state index is 13.0. The lowest BCUT2D eigenvalue weighted by Gasteiger charge is -2.35. The number of hydrogen-bond acceptors (Lipinski definition) is 4. The second-order valence-corrected chi connectivity index (χ2v) is 10.3. The molecule has 1 aromatic rings. The maximum Gasteiger partial charge on any atom is 0.315 e. The van der Waals surface area contributed by atoms with Gasteiger partial charge in [0.25, 0.3) is 0 Å². The zero-order valence-electron chi connectivity index (χ0n) is 17.9. The Bertz CT molecular complexity index is 849. The minimum absolute atomic E-state index is 0.0225. The monoisotopic (exact) mass is 409 g/mol. The highest BCUT2D eigenvalue weighted by Crippen LogP contribution is 2.63. The Hall–Kier alpha value is -1.85. The van der Waals surface area contributed by atoms with Gasteiger partial charge in [0.1, 0.15) is 12.0 Å². The number of carbonyl (C=O) groups excluding carboxylic acids is 1. The van der Waals surface area contributed by atoms with Crippen LogP contribution in [-0.4, -0.2) is 56.5 Å². The number of carbonyl (C=O) groups is 1. The summed E-state index contributed by atoms with van der Waals surface area (Å²) >= 11 is 0. The van der Waals surface area contributed by atoms with Crippen molar-refractivity contribution in [1.29, 1.82) is 0 Å². The highest BCUT2D eigenvalue weighted by molar-refractivity contribution is 5.75. The molecule has 5 heteroatoms. The molecular formula is C25H33N2O3+. The largest absolute Gasteiger partial charge is 0.461 e. The molecule has 5 nitrogen and oxygen atoms in total. The van der Waals surface area contributed by atoms with Crippen LogP contribution in [0.2, 0.25) is 0 Å². The fourth-order valence-electron chi connectivity index (χ4n) is 7.03. The lowest BCUT2D eigenvalue weighted by Crippen LogP contribution is -3.15. The summed E-state index contributed by atoms with van der Waals surface area (Å²) in [4.78, 5) is 17.0. The van der Waals surface area contributed by atoms with Crippen LogP contribution >= 0.6 is 0 Å². The van der Waals surface area contributed by atoms with Crippen LogP contribution in [0.1, 0.15) is 26.2 Å². The van der Waals surface area contributed by atoms with Crippen LogP contribution in [0.15, 0.2) is 42.5 Å². The van der Waals surface area contributed by atoms with Crippen molar-refractivity contribution in [2.45, 2.75) is 44.0 Å². The molecule has 160 valence electrons. The number of nitrogens with one attached hydrogen (secondary N) is 1. The molecule has 0 spiro atoms. The van der Waals surface area contributed by atoms with E-state index in [2.05, 4.69) is 48.7 Å². The Labute approximate surface area is 179 Å². The van der Waals surface area contributed by atoms with E-state index < -0.39 is 0 Å². The summed E-state index contributed by atoms with van der Waals surface area (Å²) in [6.45, 7) is 11.8. The Morgan fingerprint density at radius 2 is 2.00 bits per heavy atom.